The van der Waals surface area contributed by atoms with Gasteiger partial charge in [0.15, 0.2) is 11.5 Å². The van der Waals surface area contributed by atoms with E-state index < -0.39 is 28.8 Å². The Morgan fingerprint density at radius 1 is 1.00 bits per heavy atom. The largest absolute Gasteiger partial charge is 0.493 e. The molecule has 39 heavy (non-hydrogen) atoms. The average Bonchev–Trinajstić information content (AvgIpc) is 2.94. The highest BCUT2D eigenvalue weighted by atomic mass is 19.1. The number of methoxy groups -OCH3 is 1. The van der Waals surface area contributed by atoms with Crippen LogP contribution in [0.2, 0.25) is 0 Å². The Bertz CT molecular complexity index is 1330. The minimum Gasteiger partial charge on any atom is -0.493 e. The van der Waals surface area contributed by atoms with Crippen LogP contribution in [0.3, 0.4) is 0 Å². The number of carbonyl (C=O) groups is 2. The number of hydrogen-bond donors (Lipinski definition) is 0. The van der Waals surface area contributed by atoms with Gasteiger partial charge < -0.3 is 19.0 Å². The second kappa shape index (κ2) is 14.3. The van der Waals surface area contributed by atoms with Crippen molar-refractivity contribution in [1.29, 1.82) is 0 Å². The van der Waals surface area contributed by atoms with Crippen molar-refractivity contribution in [3.05, 3.63) is 99.9 Å². The Balaban J connectivity index is 1.57. The Morgan fingerprint density at radius 2 is 1.74 bits per heavy atom. The summed E-state index contributed by atoms with van der Waals surface area (Å²) in [7, 11) is 1.41. The topological polar surface area (TPSA) is 114 Å². The maximum atomic E-state index is 14.8. The van der Waals surface area contributed by atoms with Gasteiger partial charge in [0, 0.05) is 11.6 Å². The molecule has 0 fully saturated rings. The molecule has 0 aliphatic rings. The fourth-order valence-corrected chi connectivity index (χ4v) is 3.59. The minimum atomic E-state index is -0.873. The average molecular weight is 538 g/mol. The molecule has 3 rings (SSSR count). The Hall–Kier alpha value is -4.73. The predicted molar refractivity (Wildman–Crippen MR) is 141 cm³/mol. The summed E-state index contributed by atoms with van der Waals surface area (Å²) in [5.74, 6) is -1.91. The maximum Gasteiger partial charge on any atom is 0.330 e. The van der Waals surface area contributed by atoms with Crippen LogP contribution in [0.15, 0.2) is 72.8 Å². The lowest BCUT2D eigenvalue weighted by molar-refractivity contribution is -0.757. The van der Waals surface area contributed by atoms with Gasteiger partial charge in [-0.1, -0.05) is 48.5 Å². The lowest BCUT2D eigenvalue weighted by Crippen LogP contribution is -2.17. The third-order valence-corrected chi connectivity index (χ3v) is 5.72. The number of benzene rings is 3. The van der Waals surface area contributed by atoms with Crippen LogP contribution in [0.5, 0.6) is 11.5 Å². The van der Waals surface area contributed by atoms with Crippen molar-refractivity contribution in [3.63, 3.8) is 0 Å². The fourth-order valence-electron chi connectivity index (χ4n) is 3.59. The molecule has 1 atom stereocenters. The van der Waals surface area contributed by atoms with Crippen LogP contribution in [-0.2, 0) is 19.2 Å². The van der Waals surface area contributed by atoms with Crippen molar-refractivity contribution < 1.29 is 38.1 Å². The summed E-state index contributed by atoms with van der Waals surface area (Å²) in [4.78, 5) is 39.0. The SMILES string of the molecule is COc1cc(C=CC(=O)OCCCCO[N+](=O)[O-])ccc1OC(=O)C(C)c1ccc(-c2ccccc2)c(F)c1. The van der Waals surface area contributed by atoms with Gasteiger partial charge in [-0.2, -0.15) is 0 Å². The molecule has 1 unspecified atom stereocenters. The van der Waals surface area contributed by atoms with Crippen LogP contribution in [-0.4, -0.2) is 37.3 Å². The number of rotatable bonds is 13. The van der Waals surface area contributed by atoms with Crippen molar-refractivity contribution in [2.45, 2.75) is 25.7 Å². The standard InChI is InChI=1S/C29H28FNO8/c1-20(23-12-13-24(25(30)19-23)22-8-4-3-5-9-22)29(33)39-26-14-10-21(18-27(26)36-2)11-15-28(32)37-16-6-7-17-38-31(34)35/h3-5,8-15,18-20H,6-7,16-17H2,1-2H3. The predicted octanol–water partition coefficient (Wildman–Crippen LogP) is 5.76. The first kappa shape index (κ1) is 28.8. The molecule has 0 bridgehead atoms. The summed E-state index contributed by atoms with van der Waals surface area (Å²) in [6.45, 7) is 1.66. The second-order valence-corrected chi connectivity index (χ2v) is 8.42. The van der Waals surface area contributed by atoms with E-state index in [-0.39, 0.29) is 24.7 Å². The highest BCUT2D eigenvalue weighted by molar-refractivity contribution is 5.87. The van der Waals surface area contributed by atoms with Crippen LogP contribution < -0.4 is 9.47 Å². The fraction of sp³-hybridized carbons (Fsp3) is 0.241. The van der Waals surface area contributed by atoms with Crippen molar-refractivity contribution in [1.82, 2.24) is 0 Å². The summed E-state index contributed by atoms with van der Waals surface area (Å²) in [6.07, 6.45) is 3.53. The molecular weight excluding hydrogens is 509 g/mol. The van der Waals surface area contributed by atoms with E-state index in [2.05, 4.69) is 4.84 Å². The molecule has 0 amide bonds. The van der Waals surface area contributed by atoms with Gasteiger partial charge in [-0.05, 0) is 60.7 Å². The quantitative estimate of drug-likeness (QED) is 0.0676. The second-order valence-electron chi connectivity index (χ2n) is 8.42. The number of halogens is 1. The van der Waals surface area contributed by atoms with E-state index in [0.29, 0.717) is 29.5 Å². The molecular formula is C29H28FNO8. The molecule has 0 saturated heterocycles. The van der Waals surface area contributed by atoms with Crippen LogP contribution >= 0.6 is 0 Å². The number of ether oxygens (including phenoxy) is 3. The molecule has 204 valence electrons. The molecule has 0 aliphatic carbocycles. The zero-order valence-corrected chi connectivity index (χ0v) is 21.5. The minimum absolute atomic E-state index is 0.0622. The molecule has 9 nitrogen and oxygen atoms in total. The first-order valence-electron chi connectivity index (χ1n) is 12.1. The molecule has 0 aromatic heterocycles. The van der Waals surface area contributed by atoms with Crippen molar-refractivity contribution in [2.24, 2.45) is 0 Å². The third-order valence-electron chi connectivity index (χ3n) is 5.72. The Labute approximate surface area is 224 Å². The van der Waals surface area contributed by atoms with Crippen LogP contribution in [0, 0.1) is 15.9 Å². The van der Waals surface area contributed by atoms with Crippen LogP contribution in [0.1, 0.15) is 36.8 Å². The number of hydrogen-bond acceptors (Lipinski definition) is 8. The van der Waals surface area contributed by atoms with Crippen LogP contribution in [0.25, 0.3) is 17.2 Å². The molecule has 0 N–H and O–H groups in total. The summed E-state index contributed by atoms with van der Waals surface area (Å²) in [5, 5.41) is 9.20. The lowest BCUT2D eigenvalue weighted by Gasteiger charge is -2.15. The number of unbranched alkanes of at least 4 members (excludes halogenated alkanes) is 1. The number of nitrogens with zero attached hydrogens (tertiary/aromatic N) is 1. The maximum absolute atomic E-state index is 14.8. The van der Waals surface area contributed by atoms with Gasteiger partial charge in [-0.25, -0.2) is 9.18 Å². The molecule has 3 aromatic rings. The van der Waals surface area contributed by atoms with Crippen molar-refractivity contribution in [2.75, 3.05) is 20.3 Å². The monoisotopic (exact) mass is 537 g/mol. The third kappa shape index (κ3) is 8.67. The van der Waals surface area contributed by atoms with E-state index in [1.807, 2.05) is 30.3 Å². The van der Waals surface area contributed by atoms with Gasteiger partial charge in [-0.15, -0.1) is 10.1 Å². The highest BCUT2D eigenvalue weighted by Gasteiger charge is 2.21. The van der Waals surface area contributed by atoms with Gasteiger partial charge in [0.1, 0.15) is 5.82 Å². The van der Waals surface area contributed by atoms with E-state index in [0.717, 1.165) is 5.56 Å². The van der Waals surface area contributed by atoms with Gasteiger partial charge >= 0.3 is 11.9 Å². The lowest BCUT2D eigenvalue weighted by atomic mass is 9.97. The van der Waals surface area contributed by atoms with Gasteiger partial charge in [-0.3, -0.25) is 4.79 Å². The summed E-state index contributed by atoms with van der Waals surface area (Å²) < 4.78 is 30.7. The smallest absolute Gasteiger partial charge is 0.330 e. The normalized spacial score (nSPS) is 11.6. The zero-order chi connectivity index (χ0) is 28.2. The van der Waals surface area contributed by atoms with E-state index >= 15 is 0 Å². The van der Waals surface area contributed by atoms with Gasteiger partial charge in [0.2, 0.25) is 0 Å². The first-order valence-corrected chi connectivity index (χ1v) is 12.1. The molecule has 0 aliphatic heterocycles. The van der Waals surface area contributed by atoms with Crippen molar-refractivity contribution in [3.8, 4) is 22.6 Å². The van der Waals surface area contributed by atoms with Crippen molar-refractivity contribution >= 4 is 18.0 Å². The van der Waals surface area contributed by atoms with E-state index in [9.17, 15) is 24.1 Å². The summed E-state index contributed by atoms with van der Waals surface area (Å²) in [5.41, 5.74) is 2.25. The summed E-state index contributed by atoms with van der Waals surface area (Å²) >= 11 is 0. The Kier molecular flexibility index (Phi) is 10.6. The van der Waals surface area contributed by atoms with E-state index in [1.165, 1.54) is 31.4 Å². The number of carbonyl (C=O) groups excluding carboxylic acids is 2. The molecule has 0 radical (unpaired) electrons. The zero-order valence-electron chi connectivity index (χ0n) is 21.5. The molecule has 10 heteroatoms. The van der Waals surface area contributed by atoms with Crippen LogP contribution in [0.4, 0.5) is 4.39 Å². The van der Waals surface area contributed by atoms with Gasteiger partial charge in [0.05, 0.1) is 26.2 Å². The molecule has 0 heterocycles. The highest BCUT2D eigenvalue weighted by Crippen LogP contribution is 2.31. The molecule has 0 saturated carbocycles. The van der Waals surface area contributed by atoms with E-state index in [1.54, 1.807) is 31.2 Å². The Morgan fingerprint density at radius 3 is 2.44 bits per heavy atom. The molecule has 3 aromatic carbocycles. The first-order chi connectivity index (χ1) is 18.8. The van der Waals surface area contributed by atoms with Gasteiger partial charge in [0.25, 0.3) is 5.09 Å². The summed E-state index contributed by atoms with van der Waals surface area (Å²) in [6, 6.07) is 18.5. The number of esters is 2. The van der Waals surface area contributed by atoms with E-state index in [4.69, 9.17) is 14.2 Å². The molecule has 0 spiro atoms.